The third kappa shape index (κ3) is 2.75. The Hall–Kier alpha value is -0.480. The second-order valence-electron chi connectivity index (χ2n) is 3.54. The maximum atomic E-state index is 14.3. The van der Waals surface area contributed by atoms with Gasteiger partial charge < -0.3 is 5.73 Å². The molecule has 0 aliphatic carbocycles. The van der Waals surface area contributed by atoms with Gasteiger partial charge in [0.25, 0.3) is 0 Å². The van der Waals surface area contributed by atoms with Crippen molar-refractivity contribution in [3.8, 4) is 0 Å². The van der Waals surface area contributed by atoms with Crippen LogP contribution in [0.4, 0.5) is 8.78 Å². The first-order valence-corrected chi connectivity index (χ1v) is 5.67. The lowest BCUT2D eigenvalue weighted by molar-refractivity contribution is 0.153. The second-order valence-corrected chi connectivity index (χ2v) is 4.46. The number of rotatable bonds is 4. The molecule has 0 aliphatic heterocycles. The highest BCUT2D eigenvalue weighted by molar-refractivity contribution is 9.10. The third-order valence-electron chi connectivity index (χ3n) is 2.38. The minimum Gasteiger partial charge on any atom is -0.327 e. The fraction of sp³-hybridized carbons (Fsp3) is 0.455. The van der Waals surface area contributed by atoms with Crippen LogP contribution in [0.25, 0.3) is 0 Å². The normalized spacial score (nSPS) is 15.0. The molecule has 1 atom stereocenters. The summed E-state index contributed by atoms with van der Waals surface area (Å²) in [6.07, 6.45) is 0.858. The number of halogens is 3. The molecule has 1 rings (SSSR count). The Balaban J connectivity index is 3.16. The standard InChI is InChI=1S/C11H14BrF2N/c1-2-5-11(14,7-15)9-6-8(12)3-4-10(9)13/h3-4,6H,2,5,7,15H2,1H3. The van der Waals surface area contributed by atoms with Gasteiger partial charge in [-0.25, -0.2) is 8.78 Å². The van der Waals surface area contributed by atoms with Gasteiger partial charge >= 0.3 is 0 Å². The first-order valence-electron chi connectivity index (χ1n) is 4.88. The van der Waals surface area contributed by atoms with Gasteiger partial charge in [0.05, 0.1) is 0 Å². The van der Waals surface area contributed by atoms with Gasteiger partial charge in [0.15, 0.2) is 5.67 Å². The number of hydrogen-bond acceptors (Lipinski definition) is 1. The maximum absolute atomic E-state index is 14.3. The fourth-order valence-electron chi connectivity index (χ4n) is 1.58. The minimum absolute atomic E-state index is 0.0428. The summed E-state index contributed by atoms with van der Waals surface area (Å²) in [6.45, 7) is 1.65. The van der Waals surface area contributed by atoms with Crippen LogP contribution in [0.5, 0.6) is 0 Å². The number of nitrogens with two attached hydrogens (primary N) is 1. The summed E-state index contributed by atoms with van der Waals surface area (Å²) in [5.41, 5.74) is 3.67. The predicted octanol–water partition coefficient (Wildman–Crippen LogP) is 3.51. The molecular weight excluding hydrogens is 264 g/mol. The van der Waals surface area contributed by atoms with E-state index in [0.717, 1.165) is 0 Å². The van der Waals surface area contributed by atoms with Crippen LogP contribution in [0.1, 0.15) is 25.3 Å². The van der Waals surface area contributed by atoms with Crippen LogP contribution >= 0.6 is 15.9 Å². The lowest BCUT2D eigenvalue weighted by Crippen LogP contribution is -2.31. The summed E-state index contributed by atoms with van der Waals surface area (Å²) in [5, 5.41) is 0. The molecule has 0 aromatic heterocycles. The molecule has 0 amide bonds. The predicted molar refractivity (Wildman–Crippen MR) is 60.8 cm³/mol. The molecule has 1 nitrogen and oxygen atoms in total. The lowest BCUT2D eigenvalue weighted by Gasteiger charge is -2.24. The van der Waals surface area contributed by atoms with Gasteiger partial charge in [0.1, 0.15) is 5.82 Å². The van der Waals surface area contributed by atoms with E-state index in [1.54, 1.807) is 6.07 Å². The maximum Gasteiger partial charge on any atom is 0.150 e. The Bertz CT molecular complexity index is 343. The lowest BCUT2D eigenvalue weighted by atomic mass is 9.91. The molecule has 0 fully saturated rings. The van der Waals surface area contributed by atoms with Crippen molar-refractivity contribution >= 4 is 15.9 Å². The van der Waals surface area contributed by atoms with E-state index in [-0.39, 0.29) is 18.5 Å². The van der Waals surface area contributed by atoms with Crippen molar-refractivity contribution in [3.63, 3.8) is 0 Å². The van der Waals surface area contributed by atoms with Gasteiger partial charge in [-0.3, -0.25) is 0 Å². The van der Waals surface area contributed by atoms with Crippen LogP contribution in [-0.4, -0.2) is 6.54 Å². The molecule has 0 saturated carbocycles. The third-order valence-corrected chi connectivity index (χ3v) is 2.87. The number of benzene rings is 1. The molecule has 1 unspecified atom stereocenters. The van der Waals surface area contributed by atoms with Gasteiger partial charge in [-0.2, -0.15) is 0 Å². The van der Waals surface area contributed by atoms with Crippen LogP contribution in [0.15, 0.2) is 22.7 Å². The first-order chi connectivity index (χ1) is 7.03. The minimum atomic E-state index is -1.76. The van der Waals surface area contributed by atoms with Crippen molar-refractivity contribution < 1.29 is 8.78 Å². The zero-order valence-corrected chi connectivity index (χ0v) is 10.2. The van der Waals surface area contributed by atoms with Crippen molar-refractivity contribution in [2.75, 3.05) is 6.54 Å². The second kappa shape index (κ2) is 5.03. The monoisotopic (exact) mass is 277 g/mol. The molecule has 15 heavy (non-hydrogen) atoms. The van der Waals surface area contributed by atoms with E-state index in [0.29, 0.717) is 10.9 Å². The fourth-order valence-corrected chi connectivity index (χ4v) is 1.94. The van der Waals surface area contributed by atoms with Gasteiger partial charge in [-0.15, -0.1) is 0 Å². The first kappa shape index (κ1) is 12.6. The van der Waals surface area contributed by atoms with E-state index in [9.17, 15) is 8.78 Å². The molecule has 84 valence electrons. The molecule has 0 heterocycles. The van der Waals surface area contributed by atoms with Crippen LogP contribution in [0.2, 0.25) is 0 Å². The Morgan fingerprint density at radius 1 is 1.47 bits per heavy atom. The molecule has 4 heteroatoms. The smallest absolute Gasteiger partial charge is 0.150 e. The van der Waals surface area contributed by atoms with Crippen LogP contribution in [0.3, 0.4) is 0 Å². The number of hydrogen-bond donors (Lipinski definition) is 1. The summed E-state index contributed by atoms with van der Waals surface area (Å²) in [4.78, 5) is 0. The van der Waals surface area contributed by atoms with Gasteiger partial charge in [-0.1, -0.05) is 29.3 Å². The quantitative estimate of drug-likeness (QED) is 0.896. The van der Waals surface area contributed by atoms with E-state index in [1.807, 2.05) is 6.92 Å². The zero-order valence-electron chi connectivity index (χ0n) is 8.56. The molecular formula is C11H14BrF2N. The van der Waals surface area contributed by atoms with E-state index in [4.69, 9.17) is 5.73 Å². The topological polar surface area (TPSA) is 26.0 Å². The van der Waals surface area contributed by atoms with Crippen LogP contribution in [-0.2, 0) is 5.67 Å². The molecule has 0 spiro atoms. The van der Waals surface area contributed by atoms with E-state index in [1.165, 1.54) is 12.1 Å². The Morgan fingerprint density at radius 3 is 2.67 bits per heavy atom. The highest BCUT2D eigenvalue weighted by Gasteiger charge is 2.32. The van der Waals surface area contributed by atoms with Crippen LogP contribution < -0.4 is 5.73 Å². The Morgan fingerprint density at radius 2 is 2.13 bits per heavy atom. The molecule has 0 aliphatic rings. The van der Waals surface area contributed by atoms with Crippen molar-refractivity contribution in [3.05, 3.63) is 34.1 Å². The molecule has 1 aromatic carbocycles. The molecule has 1 aromatic rings. The summed E-state index contributed by atoms with van der Waals surface area (Å²) in [5.74, 6) is -0.542. The molecule has 0 bridgehead atoms. The van der Waals surface area contributed by atoms with E-state index < -0.39 is 11.5 Å². The van der Waals surface area contributed by atoms with Crippen molar-refractivity contribution in [2.24, 2.45) is 5.73 Å². The molecule has 0 radical (unpaired) electrons. The van der Waals surface area contributed by atoms with Crippen molar-refractivity contribution in [1.82, 2.24) is 0 Å². The summed E-state index contributed by atoms with van der Waals surface area (Å²) >= 11 is 3.19. The van der Waals surface area contributed by atoms with Gasteiger partial charge in [0.2, 0.25) is 0 Å². The Kier molecular flexibility index (Phi) is 4.22. The van der Waals surface area contributed by atoms with Gasteiger partial charge in [-0.05, 0) is 24.6 Å². The van der Waals surface area contributed by atoms with Crippen molar-refractivity contribution in [2.45, 2.75) is 25.4 Å². The highest BCUT2D eigenvalue weighted by atomic mass is 79.9. The van der Waals surface area contributed by atoms with E-state index >= 15 is 0 Å². The Labute approximate surface area is 96.8 Å². The molecule has 2 N–H and O–H groups in total. The van der Waals surface area contributed by atoms with Crippen LogP contribution in [0, 0.1) is 5.82 Å². The van der Waals surface area contributed by atoms with Crippen molar-refractivity contribution in [1.29, 1.82) is 0 Å². The average Bonchev–Trinajstić information content (AvgIpc) is 2.22. The average molecular weight is 278 g/mol. The number of alkyl halides is 1. The highest BCUT2D eigenvalue weighted by Crippen LogP contribution is 2.33. The SMILES string of the molecule is CCCC(F)(CN)c1cc(Br)ccc1F. The molecule has 0 saturated heterocycles. The van der Waals surface area contributed by atoms with Gasteiger partial charge in [0, 0.05) is 16.6 Å². The zero-order chi connectivity index (χ0) is 11.5. The largest absolute Gasteiger partial charge is 0.327 e. The summed E-state index contributed by atoms with van der Waals surface area (Å²) in [6, 6.07) is 4.25. The summed E-state index contributed by atoms with van der Waals surface area (Å²) < 4.78 is 28.4. The van der Waals surface area contributed by atoms with E-state index in [2.05, 4.69) is 15.9 Å². The summed E-state index contributed by atoms with van der Waals surface area (Å²) in [7, 11) is 0.